The van der Waals surface area contributed by atoms with Gasteiger partial charge in [0.1, 0.15) is 21.5 Å². The lowest BCUT2D eigenvalue weighted by molar-refractivity contribution is 0.463. The zero-order valence-electron chi connectivity index (χ0n) is 13.4. The van der Waals surface area contributed by atoms with Crippen molar-refractivity contribution in [2.24, 2.45) is 0 Å². The Morgan fingerprint density at radius 1 is 0.654 bits per heavy atom. The largest absolute Gasteiger partial charge is 0.508 e. The normalized spacial score (nSPS) is 11.4. The third-order valence-corrected chi connectivity index (χ3v) is 6.28. The number of phenolic OH excluding ortho intramolecular Hbond substituents is 2. The molecule has 5 rings (SSSR count). The molecule has 0 spiro atoms. The van der Waals surface area contributed by atoms with Gasteiger partial charge in [-0.2, -0.15) is 0 Å². The maximum Gasteiger partial charge on any atom is 0.136 e. The van der Waals surface area contributed by atoms with Crippen molar-refractivity contribution in [3.63, 3.8) is 0 Å². The first kappa shape index (κ1) is 15.3. The second-order valence-electron chi connectivity index (χ2n) is 5.86. The van der Waals surface area contributed by atoms with Crippen molar-refractivity contribution in [3.05, 3.63) is 60.7 Å². The van der Waals surface area contributed by atoms with Crippen molar-refractivity contribution in [1.82, 2.24) is 9.97 Å². The molecule has 0 aliphatic heterocycles. The third-order valence-electron chi connectivity index (χ3n) is 4.14. The van der Waals surface area contributed by atoms with Crippen molar-refractivity contribution in [2.45, 2.75) is 0 Å². The molecule has 2 aromatic heterocycles. The van der Waals surface area contributed by atoms with Crippen LogP contribution in [0.1, 0.15) is 0 Å². The fourth-order valence-electron chi connectivity index (χ4n) is 2.92. The maximum atomic E-state index is 10.9. The van der Waals surface area contributed by atoms with E-state index < -0.39 is 0 Å². The van der Waals surface area contributed by atoms with Crippen LogP contribution in [0.25, 0.3) is 41.6 Å². The van der Waals surface area contributed by atoms with Gasteiger partial charge in [0.2, 0.25) is 0 Å². The predicted octanol–water partition coefficient (Wildman–Crippen LogP) is 5.65. The summed E-state index contributed by atoms with van der Waals surface area (Å²) in [5.41, 5.74) is 2.77. The van der Waals surface area contributed by atoms with Crippen LogP contribution in [0.2, 0.25) is 0 Å². The zero-order chi connectivity index (χ0) is 17.7. The first-order valence-electron chi connectivity index (χ1n) is 7.97. The van der Waals surface area contributed by atoms with E-state index in [9.17, 15) is 10.2 Å². The Bertz CT molecular complexity index is 1110. The Balaban J connectivity index is 1.72. The smallest absolute Gasteiger partial charge is 0.136 e. The molecular formula is C20H12N2O2S2. The zero-order valence-corrected chi connectivity index (χ0v) is 15.0. The molecule has 0 fully saturated rings. The fourth-order valence-corrected chi connectivity index (χ4v) is 4.89. The molecule has 2 heterocycles. The van der Waals surface area contributed by atoms with E-state index in [2.05, 4.69) is 9.97 Å². The van der Waals surface area contributed by atoms with E-state index in [1.54, 1.807) is 12.1 Å². The van der Waals surface area contributed by atoms with Crippen LogP contribution in [0, 0.1) is 0 Å². The standard InChI is InChI=1S/C20H12N2O2S2/c23-11-9-12(19-21-14-5-1-3-7-16(14)25-19)18(24)13(10-11)20-22-15-6-2-4-8-17(15)26-20/h1-10,23-24H. The average molecular weight is 376 g/mol. The highest BCUT2D eigenvalue weighted by Gasteiger charge is 2.18. The molecule has 5 aromatic rings. The molecule has 0 aliphatic carbocycles. The van der Waals surface area contributed by atoms with Crippen molar-refractivity contribution in [3.8, 4) is 32.6 Å². The van der Waals surface area contributed by atoms with Gasteiger partial charge in [0.25, 0.3) is 0 Å². The average Bonchev–Trinajstić information content (AvgIpc) is 3.26. The van der Waals surface area contributed by atoms with Gasteiger partial charge in [-0.3, -0.25) is 0 Å². The Kier molecular flexibility index (Phi) is 3.41. The second kappa shape index (κ2) is 5.79. The summed E-state index contributed by atoms with van der Waals surface area (Å²) in [6, 6.07) is 18.7. The lowest BCUT2D eigenvalue weighted by atomic mass is 10.1. The quantitative estimate of drug-likeness (QED) is 0.391. The van der Waals surface area contributed by atoms with Gasteiger partial charge in [0, 0.05) is 0 Å². The molecule has 0 radical (unpaired) electrons. The first-order chi connectivity index (χ1) is 12.7. The number of hydrogen-bond donors (Lipinski definition) is 2. The maximum absolute atomic E-state index is 10.9. The molecule has 2 N–H and O–H groups in total. The summed E-state index contributed by atoms with van der Waals surface area (Å²) in [6.45, 7) is 0. The van der Waals surface area contributed by atoms with Gasteiger partial charge in [-0.15, -0.1) is 22.7 Å². The molecule has 0 saturated carbocycles. The van der Waals surface area contributed by atoms with Crippen molar-refractivity contribution in [1.29, 1.82) is 0 Å². The third kappa shape index (κ3) is 2.42. The van der Waals surface area contributed by atoms with E-state index in [0.717, 1.165) is 20.4 Å². The van der Waals surface area contributed by atoms with Crippen LogP contribution >= 0.6 is 22.7 Å². The molecule has 126 valence electrons. The Hall–Kier alpha value is -2.96. The Labute approximate surface area is 156 Å². The van der Waals surface area contributed by atoms with Crippen LogP contribution < -0.4 is 0 Å². The van der Waals surface area contributed by atoms with Crippen LogP contribution in [0.3, 0.4) is 0 Å². The molecule has 0 unspecified atom stereocenters. The molecule has 0 atom stereocenters. The summed E-state index contributed by atoms with van der Waals surface area (Å²) in [4.78, 5) is 9.19. The molecule has 0 saturated heterocycles. The highest BCUT2D eigenvalue weighted by molar-refractivity contribution is 7.22. The van der Waals surface area contributed by atoms with Crippen LogP contribution in [-0.2, 0) is 0 Å². The lowest BCUT2D eigenvalue weighted by Crippen LogP contribution is -1.84. The van der Waals surface area contributed by atoms with Gasteiger partial charge < -0.3 is 10.2 Å². The summed E-state index contributed by atoms with van der Waals surface area (Å²) < 4.78 is 2.07. The minimum absolute atomic E-state index is 0.0753. The SMILES string of the molecule is Oc1cc(-c2nc3ccccc3s2)c(O)c(-c2nc3ccccc3s2)c1. The molecule has 0 aliphatic rings. The highest BCUT2D eigenvalue weighted by atomic mass is 32.1. The summed E-state index contributed by atoms with van der Waals surface area (Å²) >= 11 is 2.97. The van der Waals surface area contributed by atoms with E-state index in [-0.39, 0.29) is 11.5 Å². The van der Waals surface area contributed by atoms with E-state index in [0.29, 0.717) is 21.1 Å². The van der Waals surface area contributed by atoms with Gasteiger partial charge in [0.15, 0.2) is 0 Å². The van der Waals surface area contributed by atoms with Crippen molar-refractivity contribution < 1.29 is 10.2 Å². The van der Waals surface area contributed by atoms with Gasteiger partial charge in [-0.1, -0.05) is 24.3 Å². The molecule has 0 bridgehead atoms. The van der Waals surface area contributed by atoms with Crippen LogP contribution in [0.5, 0.6) is 11.5 Å². The molecule has 0 amide bonds. The van der Waals surface area contributed by atoms with Gasteiger partial charge in [0.05, 0.1) is 31.6 Å². The summed E-state index contributed by atoms with van der Waals surface area (Å²) in [7, 11) is 0. The van der Waals surface area contributed by atoms with Gasteiger partial charge in [-0.25, -0.2) is 9.97 Å². The van der Waals surface area contributed by atoms with Crippen LogP contribution in [-0.4, -0.2) is 20.2 Å². The number of benzene rings is 3. The summed E-state index contributed by atoms with van der Waals surface area (Å²) in [5.74, 6) is 0.159. The topological polar surface area (TPSA) is 66.2 Å². The summed E-state index contributed by atoms with van der Waals surface area (Å²) in [5, 5.41) is 22.5. The second-order valence-corrected chi connectivity index (χ2v) is 7.92. The Morgan fingerprint density at radius 2 is 1.12 bits per heavy atom. The van der Waals surface area contributed by atoms with Crippen LogP contribution in [0.4, 0.5) is 0 Å². The number of thiazole rings is 2. The number of nitrogens with zero attached hydrogens (tertiary/aromatic N) is 2. The van der Waals surface area contributed by atoms with E-state index in [4.69, 9.17) is 0 Å². The molecule has 26 heavy (non-hydrogen) atoms. The number of aromatic nitrogens is 2. The van der Waals surface area contributed by atoms with E-state index in [1.807, 2.05) is 48.5 Å². The Morgan fingerprint density at radius 3 is 1.58 bits per heavy atom. The van der Waals surface area contributed by atoms with Crippen LogP contribution in [0.15, 0.2) is 60.7 Å². The minimum atomic E-state index is 0.0753. The fraction of sp³-hybridized carbons (Fsp3) is 0. The molecule has 6 heteroatoms. The van der Waals surface area contributed by atoms with Gasteiger partial charge >= 0.3 is 0 Å². The summed E-state index contributed by atoms with van der Waals surface area (Å²) in [6.07, 6.45) is 0. The van der Waals surface area contributed by atoms with Gasteiger partial charge in [-0.05, 0) is 36.4 Å². The number of rotatable bonds is 2. The predicted molar refractivity (Wildman–Crippen MR) is 107 cm³/mol. The van der Waals surface area contributed by atoms with E-state index >= 15 is 0 Å². The highest BCUT2D eigenvalue weighted by Crippen LogP contribution is 2.44. The minimum Gasteiger partial charge on any atom is -0.508 e. The molecular weight excluding hydrogens is 364 g/mol. The first-order valence-corrected chi connectivity index (χ1v) is 9.60. The number of aromatic hydroxyl groups is 2. The monoisotopic (exact) mass is 376 g/mol. The van der Waals surface area contributed by atoms with Crippen molar-refractivity contribution in [2.75, 3.05) is 0 Å². The lowest BCUT2D eigenvalue weighted by Gasteiger charge is -2.07. The van der Waals surface area contributed by atoms with Crippen molar-refractivity contribution >= 4 is 43.1 Å². The molecule has 3 aromatic carbocycles. The molecule has 4 nitrogen and oxygen atoms in total. The number of para-hydroxylation sites is 2. The van der Waals surface area contributed by atoms with E-state index in [1.165, 1.54) is 22.7 Å². The number of fused-ring (bicyclic) bond motifs is 2. The number of hydrogen-bond acceptors (Lipinski definition) is 6. The number of phenols is 2.